The van der Waals surface area contributed by atoms with E-state index in [1.807, 2.05) is 36.4 Å². The summed E-state index contributed by atoms with van der Waals surface area (Å²) < 4.78 is 5.61. The molecular weight excluding hydrogens is 319 g/mol. The summed E-state index contributed by atoms with van der Waals surface area (Å²) in [6, 6.07) is 14.8. The van der Waals surface area contributed by atoms with Crippen LogP contribution in [0.15, 0.2) is 48.5 Å². The van der Waals surface area contributed by atoms with Crippen molar-refractivity contribution in [1.29, 1.82) is 5.41 Å². The van der Waals surface area contributed by atoms with Gasteiger partial charge in [0.2, 0.25) is 0 Å². The van der Waals surface area contributed by atoms with E-state index in [2.05, 4.69) is 12.2 Å². The third kappa shape index (κ3) is 5.58. The summed E-state index contributed by atoms with van der Waals surface area (Å²) >= 11 is 5.84. The van der Waals surface area contributed by atoms with Gasteiger partial charge in [0.1, 0.15) is 11.6 Å². The van der Waals surface area contributed by atoms with Crippen LogP contribution in [0.3, 0.4) is 0 Å². The van der Waals surface area contributed by atoms with Gasteiger partial charge in [-0.15, -0.1) is 12.4 Å². The summed E-state index contributed by atoms with van der Waals surface area (Å²) in [6.45, 7) is 2.87. The van der Waals surface area contributed by atoms with Crippen LogP contribution < -0.4 is 10.1 Å². The minimum absolute atomic E-state index is 0. The Labute approximate surface area is 142 Å². The van der Waals surface area contributed by atoms with E-state index in [0.29, 0.717) is 10.9 Å². The second-order valence-corrected chi connectivity index (χ2v) is 5.17. The molecule has 2 N–H and O–H groups in total. The van der Waals surface area contributed by atoms with Gasteiger partial charge in [0.25, 0.3) is 0 Å². The number of hydrogen-bond donors (Lipinski definition) is 2. The molecule has 0 aromatic heterocycles. The van der Waals surface area contributed by atoms with Crippen molar-refractivity contribution in [1.82, 2.24) is 0 Å². The molecule has 0 heterocycles. The largest absolute Gasteiger partial charge is 0.494 e. The molecule has 5 heteroatoms. The number of ether oxygens (including phenoxy) is 1. The number of unbranched alkanes of at least 4 members (excludes halogenated alkanes) is 1. The van der Waals surface area contributed by atoms with Crippen molar-refractivity contribution in [2.24, 2.45) is 0 Å². The van der Waals surface area contributed by atoms with Crippen LogP contribution in [0.1, 0.15) is 25.3 Å². The van der Waals surface area contributed by atoms with Crippen molar-refractivity contribution in [2.45, 2.75) is 19.8 Å². The van der Waals surface area contributed by atoms with Crippen molar-refractivity contribution >= 4 is 35.5 Å². The van der Waals surface area contributed by atoms with Gasteiger partial charge in [0.15, 0.2) is 0 Å². The van der Waals surface area contributed by atoms with E-state index in [0.717, 1.165) is 36.4 Å². The van der Waals surface area contributed by atoms with E-state index in [1.54, 1.807) is 12.1 Å². The Morgan fingerprint density at radius 3 is 2.32 bits per heavy atom. The normalized spacial score (nSPS) is 9.73. The van der Waals surface area contributed by atoms with Gasteiger partial charge < -0.3 is 10.1 Å². The first-order valence-electron chi connectivity index (χ1n) is 7.03. The molecule has 2 rings (SSSR count). The molecule has 0 saturated carbocycles. The van der Waals surface area contributed by atoms with Crippen LogP contribution in [-0.4, -0.2) is 12.4 Å². The predicted octanol–water partition coefficient (Wildman–Crippen LogP) is 5.38. The maximum atomic E-state index is 8.07. The van der Waals surface area contributed by atoms with Gasteiger partial charge in [-0.25, -0.2) is 0 Å². The maximum absolute atomic E-state index is 8.07. The minimum Gasteiger partial charge on any atom is -0.494 e. The van der Waals surface area contributed by atoms with Crippen LogP contribution in [-0.2, 0) is 0 Å². The zero-order chi connectivity index (χ0) is 15.1. The van der Waals surface area contributed by atoms with E-state index < -0.39 is 0 Å². The molecule has 2 aromatic rings. The van der Waals surface area contributed by atoms with Crippen LogP contribution in [0, 0.1) is 5.41 Å². The number of rotatable bonds is 6. The lowest BCUT2D eigenvalue weighted by molar-refractivity contribution is 0.309. The zero-order valence-corrected chi connectivity index (χ0v) is 14.0. The van der Waals surface area contributed by atoms with Crippen LogP contribution >= 0.6 is 24.0 Å². The molecule has 0 aliphatic rings. The fraction of sp³-hybridized carbons (Fsp3) is 0.235. The molecule has 0 fully saturated rings. The molecule has 0 unspecified atom stereocenters. The number of nitrogens with one attached hydrogen (secondary N) is 2. The molecule has 3 nitrogen and oxygen atoms in total. The fourth-order valence-corrected chi connectivity index (χ4v) is 1.93. The third-order valence-corrected chi connectivity index (χ3v) is 3.28. The first-order chi connectivity index (χ1) is 10.2. The fourth-order valence-electron chi connectivity index (χ4n) is 1.80. The predicted molar refractivity (Wildman–Crippen MR) is 96.0 cm³/mol. The molecular formula is C17H20Cl2N2O. The molecule has 0 radical (unpaired) electrons. The van der Waals surface area contributed by atoms with Crippen LogP contribution in [0.25, 0.3) is 0 Å². The van der Waals surface area contributed by atoms with E-state index in [9.17, 15) is 0 Å². The average Bonchev–Trinajstić information content (AvgIpc) is 2.50. The van der Waals surface area contributed by atoms with Gasteiger partial charge >= 0.3 is 0 Å². The number of amidine groups is 1. The smallest absolute Gasteiger partial charge is 0.129 e. The molecule has 0 atom stereocenters. The molecule has 0 aliphatic carbocycles. The topological polar surface area (TPSA) is 45.1 Å². The molecule has 0 aliphatic heterocycles. The van der Waals surface area contributed by atoms with E-state index >= 15 is 0 Å². The maximum Gasteiger partial charge on any atom is 0.129 e. The molecule has 2 aromatic carbocycles. The first kappa shape index (κ1) is 18.3. The minimum atomic E-state index is 0. The third-order valence-electron chi connectivity index (χ3n) is 3.02. The summed E-state index contributed by atoms with van der Waals surface area (Å²) in [6.07, 6.45) is 2.17. The molecule has 0 spiro atoms. The Kier molecular flexibility index (Phi) is 7.78. The Hall–Kier alpha value is -1.71. The van der Waals surface area contributed by atoms with Crippen LogP contribution in [0.5, 0.6) is 5.75 Å². The number of halogens is 2. The molecule has 118 valence electrons. The van der Waals surface area contributed by atoms with Crippen molar-refractivity contribution < 1.29 is 4.74 Å². The summed E-state index contributed by atoms with van der Waals surface area (Å²) in [5.74, 6) is 1.18. The zero-order valence-electron chi connectivity index (χ0n) is 12.4. The summed E-state index contributed by atoms with van der Waals surface area (Å²) in [5, 5.41) is 11.8. The second-order valence-electron chi connectivity index (χ2n) is 4.73. The molecule has 0 bridgehead atoms. The highest BCUT2D eigenvalue weighted by atomic mass is 35.5. The SMILES string of the molecule is CCCCOc1ccc(C(=N)Nc2ccc(Cl)cc2)cc1.Cl. The second kappa shape index (κ2) is 9.34. The lowest BCUT2D eigenvalue weighted by Crippen LogP contribution is -2.11. The van der Waals surface area contributed by atoms with Gasteiger partial charge in [0.05, 0.1) is 6.61 Å². The average molecular weight is 339 g/mol. The highest BCUT2D eigenvalue weighted by Crippen LogP contribution is 2.16. The quantitative estimate of drug-likeness (QED) is 0.422. The Balaban J connectivity index is 0.00000242. The highest BCUT2D eigenvalue weighted by molar-refractivity contribution is 6.30. The number of anilines is 1. The standard InChI is InChI=1S/C17H19ClN2O.ClH/c1-2-3-12-21-16-10-4-13(5-11-16)17(19)20-15-8-6-14(18)7-9-15;/h4-11H,2-3,12H2,1H3,(H2,19,20);1H. The monoisotopic (exact) mass is 338 g/mol. The summed E-state index contributed by atoms with van der Waals surface area (Å²) in [7, 11) is 0. The van der Waals surface area contributed by atoms with Crippen molar-refractivity contribution in [2.75, 3.05) is 11.9 Å². The van der Waals surface area contributed by atoms with Gasteiger partial charge in [0, 0.05) is 16.3 Å². The van der Waals surface area contributed by atoms with Crippen molar-refractivity contribution in [3.05, 3.63) is 59.1 Å². The summed E-state index contributed by atoms with van der Waals surface area (Å²) in [5.41, 5.74) is 1.65. The Morgan fingerprint density at radius 2 is 1.73 bits per heavy atom. The van der Waals surface area contributed by atoms with Gasteiger partial charge in [-0.1, -0.05) is 24.9 Å². The van der Waals surface area contributed by atoms with E-state index in [-0.39, 0.29) is 12.4 Å². The van der Waals surface area contributed by atoms with Gasteiger partial charge in [-0.05, 0) is 55.0 Å². The lowest BCUT2D eigenvalue weighted by atomic mass is 10.2. The van der Waals surface area contributed by atoms with Crippen molar-refractivity contribution in [3.63, 3.8) is 0 Å². The molecule has 22 heavy (non-hydrogen) atoms. The van der Waals surface area contributed by atoms with Crippen molar-refractivity contribution in [3.8, 4) is 5.75 Å². The van der Waals surface area contributed by atoms with Gasteiger partial charge in [-0.3, -0.25) is 5.41 Å². The highest BCUT2D eigenvalue weighted by Gasteiger charge is 2.03. The molecule has 0 saturated heterocycles. The first-order valence-corrected chi connectivity index (χ1v) is 7.41. The number of hydrogen-bond acceptors (Lipinski definition) is 2. The van der Waals surface area contributed by atoms with Gasteiger partial charge in [-0.2, -0.15) is 0 Å². The summed E-state index contributed by atoms with van der Waals surface area (Å²) in [4.78, 5) is 0. The van der Waals surface area contributed by atoms with Crippen LogP contribution in [0.4, 0.5) is 5.69 Å². The Bertz CT molecular complexity index is 583. The Morgan fingerprint density at radius 1 is 1.09 bits per heavy atom. The molecule has 0 amide bonds. The van der Waals surface area contributed by atoms with Crippen LogP contribution in [0.2, 0.25) is 5.02 Å². The van der Waals surface area contributed by atoms with E-state index in [1.165, 1.54) is 0 Å². The lowest BCUT2D eigenvalue weighted by Gasteiger charge is -2.09. The number of benzene rings is 2. The van der Waals surface area contributed by atoms with E-state index in [4.69, 9.17) is 21.7 Å².